The number of hydrogen-bond donors (Lipinski definition) is 1. The van der Waals surface area contributed by atoms with Crippen LogP contribution >= 0.6 is 23.4 Å². The van der Waals surface area contributed by atoms with Gasteiger partial charge in [0.15, 0.2) is 0 Å². The van der Waals surface area contributed by atoms with E-state index in [1.54, 1.807) is 30.3 Å². The Kier molecular flexibility index (Phi) is 6.70. The van der Waals surface area contributed by atoms with E-state index < -0.39 is 0 Å². The van der Waals surface area contributed by atoms with Gasteiger partial charge in [-0.15, -0.1) is 11.8 Å². The van der Waals surface area contributed by atoms with Gasteiger partial charge < -0.3 is 10.1 Å². The summed E-state index contributed by atoms with van der Waals surface area (Å²) in [7, 11) is 1.35. The summed E-state index contributed by atoms with van der Waals surface area (Å²) in [5.41, 5.74) is 3.05. The number of rotatable bonds is 6. The van der Waals surface area contributed by atoms with Crippen LogP contribution in [0.1, 0.15) is 21.5 Å². The van der Waals surface area contributed by atoms with Crippen LogP contribution < -0.4 is 5.32 Å². The minimum absolute atomic E-state index is 0.0884. The number of halogens is 1. The highest BCUT2D eigenvalue weighted by molar-refractivity contribution is 7.99. The molecule has 0 bridgehead atoms. The Hall–Kier alpha value is -1.98. The molecule has 0 fully saturated rings. The van der Waals surface area contributed by atoms with Crippen LogP contribution in [-0.4, -0.2) is 24.7 Å². The standard InChI is InChI=1S/C18H18ClNO3S/c1-12-15(19)7-4-8-16(12)20-17(21)11-24-10-13-5-3-6-14(9-13)18(22)23-2/h3-9H,10-11H2,1-2H3,(H,20,21). The molecular formula is C18H18ClNO3S. The topological polar surface area (TPSA) is 55.4 Å². The monoisotopic (exact) mass is 363 g/mol. The second kappa shape index (κ2) is 8.76. The first kappa shape index (κ1) is 18.4. The summed E-state index contributed by atoms with van der Waals surface area (Å²) in [6.07, 6.45) is 0. The Labute approximate surface area is 150 Å². The van der Waals surface area contributed by atoms with E-state index in [9.17, 15) is 9.59 Å². The highest BCUT2D eigenvalue weighted by atomic mass is 35.5. The largest absolute Gasteiger partial charge is 0.465 e. The van der Waals surface area contributed by atoms with Crippen molar-refractivity contribution in [2.75, 3.05) is 18.2 Å². The van der Waals surface area contributed by atoms with Crippen LogP contribution in [0, 0.1) is 6.92 Å². The lowest BCUT2D eigenvalue weighted by Crippen LogP contribution is -2.15. The van der Waals surface area contributed by atoms with Crippen LogP contribution in [0.15, 0.2) is 42.5 Å². The van der Waals surface area contributed by atoms with Crippen molar-refractivity contribution < 1.29 is 14.3 Å². The van der Waals surface area contributed by atoms with Crippen LogP contribution in [0.3, 0.4) is 0 Å². The number of esters is 1. The average Bonchev–Trinajstić information content (AvgIpc) is 2.58. The molecule has 0 radical (unpaired) electrons. The zero-order valence-electron chi connectivity index (χ0n) is 13.5. The Morgan fingerprint density at radius 1 is 1.21 bits per heavy atom. The van der Waals surface area contributed by atoms with Crippen LogP contribution in [0.25, 0.3) is 0 Å². The SMILES string of the molecule is COC(=O)c1cccc(CSCC(=O)Nc2cccc(Cl)c2C)c1. The van der Waals surface area contributed by atoms with Gasteiger partial charge in [0.1, 0.15) is 0 Å². The lowest BCUT2D eigenvalue weighted by atomic mass is 10.1. The van der Waals surface area contributed by atoms with Crippen molar-refractivity contribution in [1.29, 1.82) is 0 Å². The Bertz CT molecular complexity index is 749. The molecule has 1 amide bonds. The fraction of sp³-hybridized carbons (Fsp3) is 0.222. The van der Waals surface area contributed by atoms with Crippen molar-refractivity contribution in [3.05, 3.63) is 64.2 Å². The number of nitrogens with one attached hydrogen (secondary N) is 1. The van der Waals surface area contributed by atoms with Gasteiger partial charge in [0.2, 0.25) is 5.91 Å². The molecule has 6 heteroatoms. The van der Waals surface area contributed by atoms with E-state index >= 15 is 0 Å². The number of carbonyl (C=O) groups is 2. The van der Waals surface area contributed by atoms with Gasteiger partial charge in [-0.2, -0.15) is 0 Å². The second-order valence-corrected chi connectivity index (χ2v) is 6.54. The zero-order chi connectivity index (χ0) is 17.5. The van der Waals surface area contributed by atoms with Gasteiger partial charge in [0, 0.05) is 16.5 Å². The van der Waals surface area contributed by atoms with Gasteiger partial charge in [0.25, 0.3) is 0 Å². The maximum atomic E-state index is 12.0. The molecule has 0 aliphatic heterocycles. The quantitative estimate of drug-likeness (QED) is 0.777. The molecule has 0 spiro atoms. The van der Waals surface area contributed by atoms with Crippen molar-refractivity contribution in [1.82, 2.24) is 0 Å². The van der Waals surface area contributed by atoms with Crippen LogP contribution in [0.4, 0.5) is 5.69 Å². The lowest BCUT2D eigenvalue weighted by Gasteiger charge is -2.09. The molecule has 2 aromatic rings. The van der Waals surface area contributed by atoms with Crippen LogP contribution in [0.5, 0.6) is 0 Å². The summed E-state index contributed by atoms with van der Waals surface area (Å²) in [6, 6.07) is 12.6. The molecule has 0 heterocycles. The molecule has 2 aromatic carbocycles. The Morgan fingerprint density at radius 3 is 2.71 bits per heavy atom. The van der Waals surface area contributed by atoms with Gasteiger partial charge in [-0.05, 0) is 42.3 Å². The maximum Gasteiger partial charge on any atom is 0.337 e. The minimum Gasteiger partial charge on any atom is -0.465 e. The first-order valence-corrected chi connectivity index (χ1v) is 8.84. The summed E-state index contributed by atoms with van der Waals surface area (Å²) >= 11 is 7.51. The van der Waals surface area contributed by atoms with E-state index in [0.29, 0.717) is 22.1 Å². The first-order chi connectivity index (χ1) is 11.5. The number of thioether (sulfide) groups is 1. The fourth-order valence-electron chi connectivity index (χ4n) is 2.10. The first-order valence-electron chi connectivity index (χ1n) is 7.31. The van der Waals surface area contributed by atoms with Crippen molar-refractivity contribution >= 4 is 40.9 Å². The number of benzene rings is 2. The minimum atomic E-state index is -0.365. The van der Waals surface area contributed by atoms with Gasteiger partial charge in [0.05, 0.1) is 18.4 Å². The fourth-order valence-corrected chi connectivity index (χ4v) is 3.05. The molecule has 1 N–H and O–H groups in total. The molecule has 0 aliphatic rings. The molecular weight excluding hydrogens is 346 g/mol. The summed E-state index contributed by atoms with van der Waals surface area (Å²) in [5.74, 6) is 0.492. The number of ether oxygens (including phenoxy) is 1. The lowest BCUT2D eigenvalue weighted by molar-refractivity contribution is -0.113. The molecule has 126 valence electrons. The molecule has 0 saturated carbocycles. The third-order valence-corrected chi connectivity index (χ3v) is 4.80. The van der Waals surface area contributed by atoms with E-state index in [2.05, 4.69) is 5.32 Å². The highest BCUT2D eigenvalue weighted by Gasteiger charge is 2.08. The molecule has 0 aromatic heterocycles. The van der Waals surface area contributed by atoms with E-state index in [0.717, 1.165) is 16.8 Å². The van der Waals surface area contributed by atoms with Crippen LogP contribution in [-0.2, 0) is 15.3 Å². The predicted octanol–water partition coefficient (Wildman–Crippen LogP) is 4.31. The average molecular weight is 364 g/mol. The normalized spacial score (nSPS) is 10.3. The third kappa shape index (κ3) is 5.01. The summed E-state index contributed by atoms with van der Waals surface area (Å²) < 4.78 is 4.70. The van der Waals surface area contributed by atoms with Crippen LogP contribution in [0.2, 0.25) is 5.02 Å². The van der Waals surface area contributed by atoms with E-state index in [1.807, 2.05) is 19.1 Å². The summed E-state index contributed by atoms with van der Waals surface area (Å²) in [6.45, 7) is 1.86. The molecule has 0 aliphatic carbocycles. The maximum absolute atomic E-state index is 12.0. The smallest absolute Gasteiger partial charge is 0.337 e. The second-order valence-electron chi connectivity index (χ2n) is 5.15. The molecule has 0 saturated heterocycles. The number of methoxy groups -OCH3 is 1. The van der Waals surface area contributed by atoms with Gasteiger partial charge in [-0.3, -0.25) is 4.79 Å². The predicted molar refractivity (Wildman–Crippen MR) is 98.8 cm³/mol. The summed E-state index contributed by atoms with van der Waals surface area (Å²) in [4.78, 5) is 23.5. The molecule has 0 atom stereocenters. The van der Waals surface area contributed by atoms with Crippen molar-refractivity contribution in [3.63, 3.8) is 0 Å². The highest BCUT2D eigenvalue weighted by Crippen LogP contribution is 2.23. The van der Waals surface area contributed by atoms with Gasteiger partial charge >= 0.3 is 5.97 Å². The number of hydrogen-bond acceptors (Lipinski definition) is 4. The Morgan fingerprint density at radius 2 is 1.96 bits per heavy atom. The van der Waals surface area contributed by atoms with Crippen molar-refractivity contribution in [2.24, 2.45) is 0 Å². The third-order valence-electron chi connectivity index (χ3n) is 3.39. The number of amides is 1. The van der Waals surface area contributed by atoms with E-state index in [1.165, 1.54) is 18.9 Å². The molecule has 24 heavy (non-hydrogen) atoms. The van der Waals surface area contributed by atoms with Crippen molar-refractivity contribution in [3.8, 4) is 0 Å². The zero-order valence-corrected chi connectivity index (χ0v) is 15.0. The van der Waals surface area contributed by atoms with E-state index in [4.69, 9.17) is 16.3 Å². The summed E-state index contributed by atoms with van der Waals surface area (Å²) in [5, 5.41) is 3.48. The van der Waals surface area contributed by atoms with E-state index in [-0.39, 0.29) is 11.9 Å². The number of carbonyl (C=O) groups excluding carboxylic acids is 2. The Balaban J connectivity index is 1.87. The molecule has 4 nitrogen and oxygen atoms in total. The van der Waals surface area contributed by atoms with Gasteiger partial charge in [-0.1, -0.05) is 29.8 Å². The van der Waals surface area contributed by atoms with Gasteiger partial charge in [-0.25, -0.2) is 4.79 Å². The molecule has 0 unspecified atom stereocenters. The molecule has 2 rings (SSSR count). The number of anilines is 1. The van der Waals surface area contributed by atoms with Crippen molar-refractivity contribution in [2.45, 2.75) is 12.7 Å².